The fourth-order valence-electron chi connectivity index (χ4n) is 2.33. The molecule has 3 aromatic rings. The summed E-state index contributed by atoms with van der Waals surface area (Å²) >= 11 is 6.51. The standard InChI is InChI=1S/C18H14Br2N2O4S/c19-12-7-8-15(20)17(10-12)27(24,25)22-16-6-2-1-5-14(16)18(23)21-11-13-4-3-9-26-13/h1-10,22H,11H2,(H,21,23). The smallest absolute Gasteiger partial charge is 0.263 e. The number of amides is 1. The molecule has 27 heavy (non-hydrogen) atoms. The molecule has 9 heteroatoms. The van der Waals surface area contributed by atoms with E-state index in [1.165, 1.54) is 18.4 Å². The molecule has 0 bridgehead atoms. The quantitative estimate of drug-likeness (QED) is 0.506. The summed E-state index contributed by atoms with van der Waals surface area (Å²) in [5.74, 6) is 0.178. The van der Waals surface area contributed by atoms with Crippen LogP contribution in [0, 0.1) is 0 Å². The van der Waals surface area contributed by atoms with Crippen LogP contribution in [-0.4, -0.2) is 14.3 Å². The number of rotatable bonds is 6. The van der Waals surface area contributed by atoms with Crippen LogP contribution in [0.15, 0.2) is 79.1 Å². The highest BCUT2D eigenvalue weighted by molar-refractivity contribution is 9.11. The molecule has 0 aliphatic carbocycles. The average Bonchev–Trinajstić information content (AvgIpc) is 3.15. The summed E-state index contributed by atoms with van der Waals surface area (Å²) in [5.41, 5.74) is 0.389. The van der Waals surface area contributed by atoms with Gasteiger partial charge in [-0.25, -0.2) is 8.42 Å². The number of benzene rings is 2. The van der Waals surface area contributed by atoms with Gasteiger partial charge in [-0.2, -0.15) is 0 Å². The second-order valence-electron chi connectivity index (χ2n) is 5.49. The first kappa shape index (κ1) is 19.7. The van der Waals surface area contributed by atoms with Crippen molar-refractivity contribution in [3.05, 3.63) is 81.1 Å². The number of carbonyl (C=O) groups is 1. The molecule has 0 saturated heterocycles. The minimum atomic E-state index is -3.91. The van der Waals surface area contributed by atoms with E-state index >= 15 is 0 Å². The maximum Gasteiger partial charge on any atom is 0.263 e. The van der Waals surface area contributed by atoms with Crippen molar-refractivity contribution in [2.45, 2.75) is 11.4 Å². The van der Waals surface area contributed by atoms with Crippen LogP contribution in [0.4, 0.5) is 5.69 Å². The van der Waals surface area contributed by atoms with E-state index in [1.807, 2.05) is 0 Å². The van der Waals surface area contributed by atoms with Crippen LogP contribution >= 0.6 is 31.9 Å². The number of halogens is 2. The number of anilines is 1. The van der Waals surface area contributed by atoms with Crippen molar-refractivity contribution in [2.24, 2.45) is 0 Å². The van der Waals surface area contributed by atoms with Gasteiger partial charge in [0.05, 0.1) is 24.1 Å². The number of hydrogen-bond donors (Lipinski definition) is 2. The maximum atomic E-state index is 12.8. The molecule has 2 N–H and O–H groups in total. The van der Waals surface area contributed by atoms with E-state index in [-0.39, 0.29) is 22.7 Å². The van der Waals surface area contributed by atoms with Crippen molar-refractivity contribution in [3.8, 4) is 0 Å². The largest absolute Gasteiger partial charge is 0.467 e. The minimum absolute atomic E-state index is 0.0580. The Bertz CT molecular complexity index is 1070. The van der Waals surface area contributed by atoms with Crippen molar-refractivity contribution in [1.82, 2.24) is 5.32 Å². The van der Waals surface area contributed by atoms with E-state index in [1.54, 1.807) is 42.5 Å². The SMILES string of the molecule is O=C(NCc1ccco1)c1ccccc1NS(=O)(=O)c1cc(Br)ccc1Br. The Morgan fingerprint density at radius 2 is 1.81 bits per heavy atom. The summed E-state index contributed by atoms with van der Waals surface area (Å²) in [7, 11) is -3.91. The molecule has 0 aliphatic rings. The lowest BCUT2D eigenvalue weighted by atomic mass is 10.1. The highest BCUT2D eigenvalue weighted by Crippen LogP contribution is 2.28. The van der Waals surface area contributed by atoms with Gasteiger partial charge in [0, 0.05) is 8.95 Å². The first-order valence-corrected chi connectivity index (χ1v) is 10.8. The van der Waals surface area contributed by atoms with E-state index in [2.05, 4.69) is 41.9 Å². The Kier molecular flexibility index (Phi) is 6.03. The third-order valence-electron chi connectivity index (χ3n) is 3.60. The van der Waals surface area contributed by atoms with Gasteiger partial charge in [0.15, 0.2) is 0 Å². The molecule has 1 heterocycles. The highest BCUT2D eigenvalue weighted by Gasteiger charge is 2.21. The minimum Gasteiger partial charge on any atom is -0.467 e. The molecule has 0 saturated carbocycles. The van der Waals surface area contributed by atoms with Crippen LogP contribution in [0.3, 0.4) is 0 Å². The highest BCUT2D eigenvalue weighted by atomic mass is 79.9. The topological polar surface area (TPSA) is 88.4 Å². The number of para-hydroxylation sites is 1. The molecule has 0 aliphatic heterocycles. The fraction of sp³-hybridized carbons (Fsp3) is 0.0556. The number of sulfonamides is 1. The maximum absolute atomic E-state index is 12.8. The van der Waals surface area contributed by atoms with Crippen molar-refractivity contribution in [2.75, 3.05) is 4.72 Å². The van der Waals surface area contributed by atoms with Gasteiger partial charge in [-0.3, -0.25) is 9.52 Å². The summed E-state index contributed by atoms with van der Waals surface area (Å²) in [6.45, 7) is 0.199. The first-order chi connectivity index (χ1) is 12.9. The van der Waals surface area contributed by atoms with Gasteiger partial charge >= 0.3 is 0 Å². The van der Waals surface area contributed by atoms with Gasteiger partial charge in [0.1, 0.15) is 10.7 Å². The second kappa shape index (κ2) is 8.28. The molecular formula is C18H14Br2N2O4S. The summed E-state index contributed by atoms with van der Waals surface area (Å²) in [4.78, 5) is 12.6. The molecule has 0 fully saturated rings. The Morgan fingerprint density at radius 3 is 2.56 bits per heavy atom. The number of hydrogen-bond acceptors (Lipinski definition) is 4. The lowest BCUT2D eigenvalue weighted by molar-refractivity contribution is 0.0949. The Labute approximate surface area is 173 Å². The summed E-state index contributed by atoms with van der Waals surface area (Å²) in [6.07, 6.45) is 1.51. The van der Waals surface area contributed by atoms with Gasteiger partial charge in [-0.05, 0) is 58.4 Å². The van der Waals surface area contributed by atoms with Gasteiger partial charge in [-0.1, -0.05) is 28.1 Å². The second-order valence-corrected chi connectivity index (χ2v) is 8.91. The Balaban J connectivity index is 1.85. The zero-order chi connectivity index (χ0) is 19.4. The molecule has 1 aromatic heterocycles. The molecule has 3 rings (SSSR count). The first-order valence-electron chi connectivity index (χ1n) is 7.74. The van der Waals surface area contributed by atoms with Crippen LogP contribution in [0.25, 0.3) is 0 Å². The molecule has 0 atom stereocenters. The van der Waals surface area contributed by atoms with Gasteiger partial charge in [0.2, 0.25) is 0 Å². The molecular weight excluding hydrogens is 500 g/mol. The predicted molar refractivity (Wildman–Crippen MR) is 109 cm³/mol. The van der Waals surface area contributed by atoms with Gasteiger partial charge in [-0.15, -0.1) is 0 Å². The number of carbonyl (C=O) groups excluding carboxylic acids is 1. The zero-order valence-electron chi connectivity index (χ0n) is 13.8. The van der Waals surface area contributed by atoms with E-state index < -0.39 is 15.9 Å². The van der Waals surface area contributed by atoms with Crippen LogP contribution in [-0.2, 0) is 16.6 Å². The van der Waals surface area contributed by atoms with E-state index in [0.717, 1.165) is 0 Å². The van der Waals surface area contributed by atoms with E-state index in [0.29, 0.717) is 14.7 Å². The van der Waals surface area contributed by atoms with Crippen molar-refractivity contribution in [3.63, 3.8) is 0 Å². The zero-order valence-corrected chi connectivity index (χ0v) is 17.8. The molecule has 0 radical (unpaired) electrons. The van der Waals surface area contributed by atoms with Crippen LogP contribution in [0.2, 0.25) is 0 Å². The fourth-order valence-corrected chi connectivity index (χ4v) is 4.91. The van der Waals surface area contributed by atoms with E-state index in [4.69, 9.17) is 4.42 Å². The molecule has 0 spiro atoms. The number of furan rings is 1. The lowest BCUT2D eigenvalue weighted by Gasteiger charge is -2.13. The molecule has 140 valence electrons. The third-order valence-corrected chi connectivity index (χ3v) is 6.45. The van der Waals surface area contributed by atoms with Crippen LogP contribution in [0.1, 0.15) is 16.1 Å². The van der Waals surface area contributed by atoms with Crippen molar-refractivity contribution < 1.29 is 17.6 Å². The third kappa shape index (κ3) is 4.79. The van der Waals surface area contributed by atoms with Crippen molar-refractivity contribution in [1.29, 1.82) is 0 Å². The molecule has 1 amide bonds. The Morgan fingerprint density at radius 1 is 1.04 bits per heavy atom. The van der Waals surface area contributed by atoms with Gasteiger partial charge < -0.3 is 9.73 Å². The summed E-state index contributed by atoms with van der Waals surface area (Å²) < 4.78 is 34.3. The van der Waals surface area contributed by atoms with Crippen molar-refractivity contribution >= 4 is 53.5 Å². The Hall–Kier alpha value is -2.10. The van der Waals surface area contributed by atoms with Crippen LogP contribution < -0.4 is 10.0 Å². The normalized spacial score (nSPS) is 11.2. The lowest BCUT2D eigenvalue weighted by Crippen LogP contribution is -2.24. The summed E-state index contributed by atoms with van der Waals surface area (Å²) in [5, 5.41) is 2.70. The van der Waals surface area contributed by atoms with Gasteiger partial charge in [0.25, 0.3) is 15.9 Å². The average molecular weight is 514 g/mol. The molecule has 0 unspecified atom stereocenters. The van der Waals surface area contributed by atoms with E-state index in [9.17, 15) is 13.2 Å². The molecule has 6 nitrogen and oxygen atoms in total. The number of nitrogens with one attached hydrogen (secondary N) is 2. The predicted octanol–water partition coefficient (Wildman–Crippen LogP) is 4.54. The summed E-state index contributed by atoms with van der Waals surface area (Å²) in [6, 6.07) is 14.7. The van der Waals surface area contributed by atoms with Crippen LogP contribution in [0.5, 0.6) is 0 Å². The molecule has 2 aromatic carbocycles. The monoisotopic (exact) mass is 512 g/mol.